The van der Waals surface area contributed by atoms with E-state index in [2.05, 4.69) is 67.6 Å². The summed E-state index contributed by atoms with van der Waals surface area (Å²) < 4.78 is 6.18. The summed E-state index contributed by atoms with van der Waals surface area (Å²) in [5.41, 5.74) is 8.17. The van der Waals surface area contributed by atoms with Crippen LogP contribution in [0.2, 0.25) is 0 Å². The fourth-order valence-electron chi connectivity index (χ4n) is 4.66. The van der Waals surface area contributed by atoms with Crippen molar-refractivity contribution in [2.24, 2.45) is 4.99 Å². The predicted octanol–water partition coefficient (Wildman–Crippen LogP) is 6.17. The number of carboxylic acid groups (broad SMARTS) is 1. The number of ether oxygens (including phenoxy) is 1. The second kappa shape index (κ2) is 11.3. The number of hydrogen-bond donors (Lipinski definition) is 3. The molecule has 0 saturated heterocycles. The number of carbonyl (C=O) groups is 1. The van der Waals surface area contributed by atoms with E-state index < -0.39 is 6.09 Å². The van der Waals surface area contributed by atoms with Crippen molar-refractivity contribution in [3.8, 4) is 11.5 Å². The van der Waals surface area contributed by atoms with E-state index in [0.717, 1.165) is 47.8 Å². The molecule has 3 N–H and O–H groups in total. The summed E-state index contributed by atoms with van der Waals surface area (Å²) in [5.74, 6) is 1.86. The second-order valence-electron chi connectivity index (χ2n) is 9.31. The molecular formula is C29H34N4O3. The summed E-state index contributed by atoms with van der Waals surface area (Å²) in [4.78, 5) is 17.6. The Morgan fingerprint density at radius 3 is 2.50 bits per heavy atom. The van der Waals surface area contributed by atoms with E-state index in [1.165, 1.54) is 22.3 Å². The number of guanidine groups is 1. The minimum atomic E-state index is -1.11. The van der Waals surface area contributed by atoms with Crippen molar-refractivity contribution in [2.75, 3.05) is 6.54 Å². The number of benzene rings is 3. The minimum Gasteiger partial charge on any atom is -0.465 e. The lowest BCUT2D eigenvalue weighted by atomic mass is 10.00. The predicted molar refractivity (Wildman–Crippen MR) is 143 cm³/mol. The zero-order chi connectivity index (χ0) is 25.7. The van der Waals surface area contributed by atoms with Crippen molar-refractivity contribution in [1.29, 1.82) is 0 Å². The number of nitrogens with one attached hydrogen (secondary N) is 2. The Morgan fingerprint density at radius 1 is 1.03 bits per heavy atom. The van der Waals surface area contributed by atoms with Gasteiger partial charge in [0.05, 0.1) is 5.69 Å². The molecular weight excluding hydrogens is 452 g/mol. The summed E-state index contributed by atoms with van der Waals surface area (Å²) in [6, 6.07) is 18.3. The molecule has 0 aliphatic carbocycles. The Morgan fingerprint density at radius 2 is 1.78 bits per heavy atom. The zero-order valence-electron chi connectivity index (χ0n) is 21.4. The first-order valence-electron chi connectivity index (χ1n) is 12.3. The molecule has 0 unspecified atom stereocenters. The first-order valence-corrected chi connectivity index (χ1v) is 12.3. The lowest BCUT2D eigenvalue weighted by Crippen LogP contribution is -2.44. The standard InChI is InChI=1S/C29H34N4O3/c1-5-11-33-18-23-15-25(9-10-27(23)31-28(33)32-29(34)35)36-24-8-6-7-22(14-24)16-30-17-26-20(3)12-19(2)13-21(26)4/h6-10,12-15,30H,5,11,16-18H2,1-4H3,(H,31,32)(H,34,35). The van der Waals surface area contributed by atoms with Gasteiger partial charge in [-0.1, -0.05) is 36.8 Å². The van der Waals surface area contributed by atoms with Crippen molar-refractivity contribution in [2.45, 2.75) is 53.8 Å². The summed E-state index contributed by atoms with van der Waals surface area (Å²) in [6.45, 7) is 11.4. The van der Waals surface area contributed by atoms with E-state index in [9.17, 15) is 4.79 Å². The van der Waals surface area contributed by atoms with Gasteiger partial charge in [0.25, 0.3) is 0 Å². The number of rotatable bonds is 8. The van der Waals surface area contributed by atoms with Crippen LogP contribution in [0.4, 0.5) is 10.5 Å². The lowest BCUT2D eigenvalue weighted by Gasteiger charge is -2.29. The fraction of sp³-hybridized carbons (Fsp3) is 0.310. The molecule has 1 aliphatic heterocycles. The summed E-state index contributed by atoms with van der Waals surface area (Å²) in [7, 11) is 0. The van der Waals surface area contributed by atoms with Crippen LogP contribution in [0.5, 0.6) is 11.5 Å². The van der Waals surface area contributed by atoms with E-state index in [0.29, 0.717) is 19.0 Å². The number of nitrogens with zero attached hydrogens (tertiary/aromatic N) is 2. The van der Waals surface area contributed by atoms with Crippen LogP contribution >= 0.6 is 0 Å². The van der Waals surface area contributed by atoms with Gasteiger partial charge in [-0.05, 0) is 79.8 Å². The highest BCUT2D eigenvalue weighted by Gasteiger charge is 2.21. The van der Waals surface area contributed by atoms with Crippen LogP contribution in [0.15, 0.2) is 59.6 Å². The van der Waals surface area contributed by atoms with Crippen molar-refractivity contribution in [3.05, 3.63) is 88.0 Å². The molecule has 3 aromatic rings. The summed E-state index contributed by atoms with van der Waals surface area (Å²) in [6.07, 6.45) is -0.229. The third kappa shape index (κ3) is 6.23. The van der Waals surface area contributed by atoms with Crippen LogP contribution in [0, 0.1) is 20.8 Å². The van der Waals surface area contributed by atoms with Crippen LogP contribution in [0.3, 0.4) is 0 Å². The van der Waals surface area contributed by atoms with Gasteiger partial charge in [0.2, 0.25) is 5.96 Å². The molecule has 36 heavy (non-hydrogen) atoms. The molecule has 0 fully saturated rings. The maximum atomic E-state index is 11.2. The highest BCUT2D eigenvalue weighted by atomic mass is 16.5. The number of hydrogen-bond acceptors (Lipinski definition) is 5. The average molecular weight is 487 g/mol. The van der Waals surface area contributed by atoms with E-state index in [1.54, 1.807) is 0 Å². The number of aliphatic imine (C=N–C) groups is 1. The average Bonchev–Trinajstić information content (AvgIpc) is 2.81. The second-order valence-corrected chi connectivity index (χ2v) is 9.31. The van der Waals surface area contributed by atoms with E-state index >= 15 is 0 Å². The molecule has 1 aliphatic rings. The van der Waals surface area contributed by atoms with Crippen molar-refractivity contribution < 1.29 is 14.6 Å². The molecule has 1 heterocycles. The van der Waals surface area contributed by atoms with E-state index in [1.807, 2.05) is 35.2 Å². The van der Waals surface area contributed by atoms with Gasteiger partial charge in [-0.3, -0.25) is 5.32 Å². The minimum absolute atomic E-state index is 0.363. The molecule has 188 valence electrons. The Kier molecular flexibility index (Phi) is 7.90. The van der Waals surface area contributed by atoms with Crippen LogP contribution in [0.1, 0.15) is 46.7 Å². The quantitative estimate of drug-likeness (QED) is 0.354. The number of amides is 1. The highest BCUT2D eigenvalue weighted by Crippen LogP contribution is 2.32. The highest BCUT2D eigenvalue weighted by molar-refractivity contribution is 5.95. The first-order chi connectivity index (χ1) is 17.3. The Labute approximate surface area is 212 Å². The first kappa shape index (κ1) is 25.3. The Bertz CT molecular complexity index is 1260. The Balaban J connectivity index is 1.43. The third-order valence-electron chi connectivity index (χ3n) is 6.26. The normalized spacial score (nSPS) is 12.7. The van der Waals surface area contributed by atoms with Crippen LogP contribution < -0.4 is 15.4 Å². The van der Waals surface area contributed by atoms with Gasteiger partial charge in [-0.25, -0.2) is 9.79 Å². The SMILES string of the molecule is CCCN1Cc2cc(Oc3cccc(CNCc4c(C)cc(C)cc4C)c3)ccc2N=C1NC(=O)O. The fourth-order valence-corrected chi connectivity index (χ4v) is 4.66. The van der Waals surface area contributed by atoms with Crippen LogP contribution in [-0.2, 0) is 19.6 Å². The molecule has 0 saturated carbocycles. The topological polar surface area (TPSA) is 86.2 Å². The molecule has 4 rings (SSSR count). The largest absolute Gasteiger partial charge is 0.465 e. The molecule has 7 heteroatoms. The number of fused-ring (bicyclic) bond motifs is 1. The number of aryl methyl sites for hydroxylation is 3. The molecule has 7 nitrogen and oxygen atoms in total. The molecule has 0 bridgehead atoms. The maximum absolute atomic E-state index is 11.2. The van der Waals surface area contributed by atoms with Gasteiger partial charge in [0.1, 0.15) is 11.5 Å². The van der Waals surface area contributed by atoms with Crippen molar-refractivity contribution in [1.82, 2.24) is 15.5 Å². The van der Waals surface area contributed by atoms with Crippen LogP contribution in [0.25, 0.3) is 0 Å². The van der Waals surface area contributed by atoms with E-state index in [4.69, 9.17) is 9.84 Å². The summed E-state index contributed by atoms with van der Waals surface area (Å²) in [5, 5.41) is 15.1. The molecule has 1 amide bonds. The molecule has 3 aromatic carbocycles. The zero-order valence-corrected chi connectivity index (χ0v) is 21.4. The van der Waals surface area contributed by atoms with Gasteiger partial charge in [-0.15, -0.1) is 0 Å². The third-order valence-corrected chi connectivity index (χ3v) is 6.26. The van der Waals surface area contributed by atoms with Gasteiger partial charge in [0, 0.05) is 31.7 Å². The maximum Gasteiger partial charge on any atom is 0.411 e. The van der Waals surface area contributed by atoms with Gasteiger partial charge in [-0.2, -0.15) is 0 Å². The van der Waals surface area contributed by atoms with Gasteiger partial charge >= 0.3 is 6.09 Å². The Hall–Kier alpha value is -3.84. The molecule has 0 aromatic heterocycles. The van der Waals surface area contributed by atoms with Crippen molar-refractivity contribution >= 4 is 17.7 Å². The smallest absolute Gasteiger partial charge is 0.411 e. The van der Waals surface area contributed by atoms with E-state index in [-0.39, 0.29) is 0 Å². The van der Waals surface area contributed by atoms with Crippen molar-refractivity contribution in [3.63, 3.8) is 0 Å². The molecule has 0 radical (unpaired) electrons. The van der Waals surface area contributed by atoms with Gasteiger partial charge in [0.15, 0.2) is 0 Å². The molecule has 0 spiro atoms. The van der Waals surface area contributed by atoms with Gasteiger partial charge < -0.3 is 20.1 Å². The van der Waals surface area contributed by atoms with Crippen LogP contribution in [-0.4, -0.2) is 28.6 Å². The monoisotopic (exact) mass is 486 g/mol. The lowest BCUT2D eigenvalue weighted by molar-refractivity contribution is 0.198. The summed E-state index contributed by atoms with van der Waals surface area (Å²) >= 11 is 0. The molecule has 0 atom stereocenters.